The van der Waals surface area contributed by atoms with Crippen molar-refractivity contribution in [2.45, 2.75) is 18.9 Å². The number of anilines is 1. The van der Waals surface area contributed by atoms with Gasteiger partial charge in [-0.25, -0.2) is 4.39 Å². The predicted molar refractivity (Wildman–Crippen MR) is 83.0 cm³/mol. The maximum atomic E-state index is 13.7. The number of piperidine rings is 1. The third-order valence-electron chi connectivity index (χ3n) is 4.23. The van der Waals surface area contributed by atoms with Gasteiger partial charge in [-0.05, 0) is 25.0 Å². The minimum Gasteiger partial charge on any atom is -0.377 e. The molecule has 1 N–H and O–H groups in total. The Bertz CT molecular complexity index is 811. The highest BCUT2D eigenvalue weighted by molar-refractivity contribution is 5.94. The first kappa shape index (κ1) is 18.1. The van der Waals surface area contributed by atoms with Crippen LogP contribution in [0, 0.1) is 29.3 Å². The van der Waals surface area contributed by atoms with Crippen LogP contribution in [-0.2, 0) is 0 Å². The molecule has 0 spiro atoms. The molecule has 0 saturated carbocycles. The standard InChI is InChI=1S/C17H14F5N3O/c18-11-4-2-1-3-10(11)17(26)25-7-5-9(6-8-25)23-14-12(19)15(21)24-16(22)13(14)20/h1-4,9H,5-8H2,(H,23,24). The summed E-state index contributed by atoms with van der Waals surface area (Å²) < 4.78 is 67.3. The molecule has 1 aliphatic rings. The minimum atomic E-state index is -1.74. The second-order valence-electron chi connectivity index (χ2n) is 5.89. The Morgan fingerprint density at radius 3 is 2.15 bits per heavy atom. The number of halogens is 5. The quantitative estimate of drug-likeness (QED) is 0.664. The molecule has 26 heavy (non-hydrogen) atoms. The van der Waals surface area contributed by atoms with Crippen LogP contribution < -0.4 is 5.32 Å². The monoisotopic (exact) mass is 371 g/mol. The number of nitrogens with zero attached hydrogens (tertiary/aromatic N) is 2. The molecular formula is C17H14F5N3O. The average Bonchev–Trinajstić information content (AvgIpc) is 2.64. The fourth-order valence-corrected chi connectivity index (χ4v) is 2.85. The van der Waals surface area contributed by atoms with E-state index < -0.39 is 47.0 Å². The van der Waals surface area contributed by atoms with E-state index in [4.69, 9.17) is 0 Å². The van der Waals surface area contributed by atoms with Crippen molar-refractivity contribution in [1.29, 1.82) is 0 Å². The van der Waals surface area contributed by atoms with E-state index in [1.165, 1.54) is 23.1 Å². The molecule has 1 aromatic carbocycles. The molecule has 1 fully saturated rings. The van der Waals surface area contributed by atoms with Gasteiger partial charge >= 0.3 is 0 Å². The second-order valence-corrected chi connectivity index (χ2v) is 5.89. The Labute approximate surface area is 145 Å². The molecule has 1 aliphatic heterocycles. The lowest BCUT2D eigenvalue weighted by atomic mass is 10.0. The van der Waals surface area contributed by atoms with Gasteiger partial charge in [-0.3, -0.25) is 4.79 Å². The van der Waals surface area contributed by atoms with E-state index in [0.29, 0.717) is 0 Å². The van der Waals surface area contributed by atoms with E-state index in [9.17, 15) is 26.7 Å². The number of likely N-dealkylation sites (tertiary alicyclic amines) is 1. The Morgan fingerprint density at radius 1 is 1.00 bits per heavy atom. The average molecular weight is 371 g/mol. The summed E-state index contributed by atoms with van der Waals surface area (Å²) in [6.07, 6.45) is 0.537. The molecule has 1 saturated heterocycles. The lowest BCUT2D eigenvalue weighted by Gasteiger charge is -2.33. The smallest absolute Gasteiger partial charge is 0.256 e. The summed E-state index contributed by atoms with van der Waals surface area (Å²) in [5, 5.41) is 2.43. The molecule has 0 unspecified atom stereocenters. The number of carbonyl (C=O) groups excluding carboxylic acids is 1. The van der Waals surface area contributed by atoms with Crippen LogP contribution in [0.25, 0.3) is 0 Å². The summed E-state index contributed by atoms with van der Waals surface area (Å²) in [6, 6.07) is 5.06. The van der Waals surface area contributed by atoms with Crippen LogP contribution in [0.5, 0.6) is 0 Å². The number of hydrogen-bond donors (Lipinski definition) is 1. The third kappa shape index (κ3) is 3.47. The number of hydrogen-bond acceptors (Lipinski definition) is 3. The fourth-order valence-electron chi connectivity index (χ4n) is 2.85. The molecule has 1 amide bonds. The topological polar surface area (TPSA) is 45.2 Å². The van der Waals surface area contributed by atoms with Gasteiger partial charge in [-0.15, -0.1) is 0 Å². The highest BCUT2D eigenvalue weighted by atomic mass is 19.2. The van der Waals surface area contributed by atoms with Crippen molar-refractivity contribution in [1.82, 2.24) is 9.88 Å². The summed E-state index contributed by atoms with van der Waals surface area (Å²) in [4.78, 5) is 16.2. The van der Waals surface area contributed by atoms with Gasteiger partial charge in [-0.1, -0.05) is 12.1 Å². The van der Waals surface area contributed by atoms with Gasteiger partial charge in [0.25, 0.3) is 17.8 Å². The van der Waals surface area contributed by atoms with Crippen molar-refractivity contribution in [3.8, 4) is 0 Å². The first-order valence-corrected chi connectivity index (χ1v) is 7.88. The first-order valence-electron chi connectivity index (χ1n) is 7.88. The van der Waals surface area contributed by atoms with E-state index in [-0.39, 0.29) is 31.5 Å². The normalized spacial score (nSPS) is 15.2. The summed E-state index contributed by atoms with van der Waals surface area (Å²) in [5.41, 5.74) is -0.983. The first-order chi connectivity index (χ1) is 12.4. The number of rotatable bonds is 3. The van der Waals surface area contributed by atoms with Crippen molar-refractivity contribution in [2.24, 2.45) is 0 Å². The molecule has 138 valence electrons. The van der Waals surface area contributed by atoms with Gasteiger partial charge < -0.3 is 10.2 Å². The molecular weight excluding hydrogens is 357 g/mol. The zero-order valence-corrected chi connectivity index (χ0v) is 13.4. The zero-order valence-electron chi connectivity index (χ0n) is 13.4. The van der Waals surface area contributed by atoms with Crippen LogP contribution >= 0.6 is 0 Å². The summed E-state index contributed by atoms with van der Waals surface area (Å²) in [6.45, 7) is 0.397. The van der Waals surface area contributed by atoms with Crippen molar-refractivity contribution in [3.63, 3.8) is 0 Å². The van der Waals surface area contributed by atoms with Crippen molar-refractivity contribution in [2.75, 3.05) is 18.4 Å². The minimum absolute atomic E-state index is 0.0609. The molecule has 4 nitrogen and oxygen atoms in total. The van der Waals surface area contributed by atoms with Gasteiger partial charge in [-0.2, -0.15) is 22.5 Å². The van der Waals surface area contributed by atoms with Crippen molar-refractivity contribution in [3.05, 3.63) is 59.2 Å². The fraction of sp³-hybridized carbons (Fsp3) is 0.294. The number of benzene rings is 1. The van der Waals surface area contributed by atoms with Gasteiger partial charge in [0.2, 0.25) is 11.6 Å². The molecule has 9 heteroatoms. The van der Waals surface area contributed by atoms with Gasteiger partial charge in [0.15, 0.2) is 0 Å². The summed E-state index contributed by atoms with van der Waals surface area (Å²) in [7, 11) is 0. The molecule has 0 bridgehead atoms. The molecule has 2 heterocycles. The van der Waals surface area contributed by atoms with E-state index in [2.05, 4.69) is 10.3 Å². The number of amides is 1. The van der Waals surface area contributed by atoms with Crippen LogP contribution in [0.1, 0.15) is 23.2 Å². The molecule has 1 aromatic heterocycles. The Kier molecular flexibility index (Phi) is 5.06. The maximum absolute atomic E-state index is 13.7. The largest absolute Gasteiger partial charge is 0.377 e. The van der Waals surface area contributed by atoms with Gasteiger partial charge in [0.05, 0.1) is 5.56 Å². The Balaban J connectivity index is 1.67. The van der Waals surface area contributed by atoms with Crippen molar-refractivity contribution < 1.29 is 26.7 Å². The van der Waals surface area contributed by atoms with Crippen LogP contribution in [-0.4, -0.2) is 34.9 Å². The highest BCUT2D eigenvalue weighted by Crippen LogP contribution is 2.25. The lowest BCUT2D eigenvalue weighted by molar-refractivity contribution is 0.0713. The number of carbonyl (C=O) groups is 1. The summed E-state index contributed by atoms with van der Waals surface area (Å²) >= 11 is 0. The van der Waals surface area contributed by atoms with Crippen molar-refractivity contribution >= 4 is 11.6 Å². The Morgan fingerprint density at radius 2 is 1.58 bits per heavy atom. The predicted octanol–water partition coefficient (Wildman–Crippen LogP) is 3.49. The van der Waals surface area contributed by atoms with E-state index in [1.54, 1.807) is 6.07 Å². The molecule has 3 rings (SSSR count). The second kappa shape index (κ2) is 7.27. The number of nitrogens with one attached hydrogen (secondary N) is 1. The SMILES string of the molecule is O=C(c1ccccc1F)N1CCC(Nc2c(F)c(F)nc(F)c2F)CC1. The van der Waals surface area contributed by atoms with Crippen LogP contribution in [0.3, 0.4) is 0 Å². The zero-order chi connectivity index (χ0) is 18.8. The Hall–Kier alpha value is -2.71. The molecule has 0 radical (unpaired) electrons. The van der Waals surface area contributed by atoms with Crippen LogP contribution in [0.15, 0.2) is 24.3 Å². The number of pyridine rings is 1. The van der Waals surface area contributed by atoms with Gasteiger partial charge in [0, 0.05) is 19.1 Å². The van der Waals surface area contributed by atoms with Gasteiger partial charge in [0.1, 0.15) is 11.5 Å². The highest BCUT2D eigenvalue weighted by Gasteiger charge is 2.28. The summed E-state index contributed by atoms with van der Waals surface area (Å²) in [5.74, 6) is -7.80. The third-order valence-corrected chi connectivity index (χ3v) is 4.23. The number of aromatic nitrogens is 1. The van der Waals surface area contributed by atoms with Crippen LogP contribution in [0.4, 0.5) is 27.6 Å². The maximum Gasteiger partial charge on any atom is 0.256 e. The molecule has 0 aliphatic carbocycles. The molecule has 0 atom stereocenters. The van der Waals surface area contributed by atoms with E-state index in [1.807, 2.05) is 0 Å². The lowest BCUT2D eigenvalue weighted by Crippen LogP contribution is -2.42. The molecule has 2 aromatic rings. The van der Waals surface area contributed by atoms with E-state index in [0.717, 1.165) is 0 Å². The van der Waals surface area contributed by atoms with E-state index >= 15 is 0 Å². The van der Waals surface area contributed by atoms with Crippen LogP contribution in [0.2, 0.25) is 0 Å².